The van der Waals surface area contributed by atoms with E-state index in [4.69, 9.17) is 5.41 Å². The average molecular weight is 202 g/mol. The Morgan fingerprint density at radius 3 is 2.71 bits per heavy atom. The van der Waals surface area contributed by atoms with Crippen LogP contribution in [0.4, 0.5) is 8.78 Å². The van der Waals surface area contributed by atoms with Crippen molar-refractivity contribution in [1.82, 2.24) is 4.90 Å². The summed E-state index contributed by atoms with van der Waals surface area (Å²) in [6.07, 6.45) is 1.08. The van der Waals surface area contributed by atoms with E-state index in [1.807, 2.05) is 18.7 Å². The van der Waals surface area contributed by atoms with Gasteiger partial charge in [0.15, 0.2) is 0 Å². The van der Waals surface area contributed by atoms with Crippen molar-refractivity contribution >= 4 is 5.71 Å². The van der Waals surface area contributed by atoms with E-state index in [2.05, 4.69) is 0 Å². The van der Waals surface area contributed by atoms with Gasteiger partial charge >= 0.3 is 0 Å². The smallest absolute Gasteiger partial charge is 0.262 e. The maximum absolute atomic E-state index is 13.2. The Labute approximate surface area is 82.8 Å². The van der Waals surface area contributed by atoms with Gasteiger partial charge in [-0.25, -0.2) is 8.78 Å². The normalized spacial score (nSPS) is 35.7. The van der Waals surface area contributed by atoms with Crippen molar-refractivity contribution in [1.29, 1.82) is 5.41 Å². The summed E-state index contributed by atoms with van der Waals surface area (Å²) in [4.78, 5) is 1.88. The van der Waals surface area contributed by atoms with Gasteiger partial charge in [-0.15, -0.1) is 0 Å². The summed E-state index contributed by atoms with van der Waals surface area (Å²) in [6.45, 7) is 3.78. The maximum atomic E-state index is 13.2. The second kappa shape index (κ2) is 2.75. The molecule has 2 saturated heterocycles. The molecule has 0 aromatic rings. The lowest BCUT2D eigenvalue weighted by Crippen LogP contribution is -2.52. The average Bonchev–Trinajstić information content (AvgIpc) is 2.22. The predicted octanol–water partition coefficient (Wildman–Crippen LogP) is 2.29. The van der Waals surface area contributed by atoms with Crippen LogP contribution in [0, 0.1) is 5.41 Å². The quantitative estimate of drug-likeness (QED) is 0.641. The van der Waals surface area contributed by atoms with E-state index in [0.29, 0.717) is 18.6 Å². The first kappa shape index (κ1) is 10.0. The van der Waals surface area contributed by atoms with E-state index in [9.17, 15) is 8.78 Å². The van der Waals surface area contributed by atoms with E-state index in [-0.39, 0.29) is 24.5 Å². The van der Waals surface area contributed by atoms with Crippen LogP contribution < -0.4 is 0 Å². The number of halogens is 2. The molecule has 2 fully saturated rings. The van der Waals surface area contributed by atoms with E-state index in [1.165, 1.54) is 0 Å². The summed E-state index contributed by atoms with van der Waals surface area (Å²) in [5.74, 6) is -2.55. The largest absolute Gasteiger partial charge is 0.310 e. The van der Waals surface area contributed by atoms with Crippen molar-refractivity contribution in [2.45, 2.75) is 50.6 Å². The summed E-state index contributed by atoms with van der Waals surface area (Å²) < 4.78 is 26.4. The molecule has 0 saturated carbocycles. The molecule has 0 amide bonds. The van der Waals surface area contributed by atoms with Gasteiger partial charge in [0.25, 0.3) is 5.92 Å². The van der Waals surface area contributed by atoms with Gasteiger partial charge in [-0.05, 0) is 13.8 Å². The van der Waals surface area contributed by atoms with Gasteiger partial charge in [0.1, 0.15) is 0 Å². The van der Waals surface area contributed by atoms with E-state index in [1.54, 1.807) is 0 Å². The van der Waals surface area contributed by atoms with Crippen molar-refractivity contribution in [3.63, 3.8) is 0 Å². The molecule has 1 N–H and O–H groups in total. The molecule has 2 heterocycles. The van der Waals surface area contributed by atoms with Crippen LogP contribution in [0.3, 0.4) is 0 Å². The molecular formula is C10H16F2N2. The molecule has 2 nitrogen and oxygen atoms in total. The highest BCUT2D eigenvalue weighted by molar-refractivity contribution is 5.84. The monoisotopic (exact) mass is 202 g/mol. The van der Waals surface area contributed by atoms with Gasteiger partial charge in [-0.1, -0.05) is 0 Å². The van der Waals surface area contributed by atoms with Crippen LogP contribution in [-0.4, -0.2) is 34.7 Å². The summed E-state index contributed by atoms with van der Waals surface area (Å²) in [5.41, 5.74) is 0.355. The van der Waals surface area contributed by atoms with Crippen LogP contribution in [0.5, 0.6) is 0 Å². The molecule has 0 aliphatic carbocycles. The zero-order valence-corrected chi connectivity index (χ0v) is 8.61. The number of nitrogens with zero attached hydrogens (tertiary/aromatic N) is 1. The third-order valence-electron chi connectivity index (χ3n) is 3.28. The summed E-state index contributed by atoms with van der Waals surface area (Å²) in [6, 6.07) is -0.110. The predicted molar refractivity (Wildman–Crippen MR) is 51.1 cm³/mol. The van der Waals surface area contributed by atoms with Crippen LogP contribution >= 0.6 is 0 Å². The Morgan fingerprint density at radius 2 is 2.07 bits per heavy atom. The second-order valence-corrected chi connectivity index (χ2v) is 5.14. The SMILES string of the molecule is CC1(C)CC(=N)C[C@@H]2CC(F)(F)CN21. The molecule has 4 heteroatoms. The molecule has 80 valence electrons. The van der Waals surface area contributed by atoms with Crippen molar-refractivity contribution in [3.05, 3.63) is 0 Å². The highest BCUT2D eigenvalue weighted by Gasteiger charge is 2.52. The minimum absolute atomic E-state index is 0.0706. The third-order valence-corrected chi connectivity index (χ3v) is 3.28. The molecule has 2 aliphatic heterocycles. The number of rotatable bonds is 0. The van der Waals surface area contributed by atoms with E-state index < -0.39 is 5.92 Å². The Hall–Kier alpha value is -0.510. The zero-order valence-electron chi connectivity index (χ0n) is 8.61. The molecule has 0 unspecified atom stereocenters. The Bertz CT molecular complexity index is 273. The van der Waals surface area contributed by atoms with Gasteiger partial charge in [-0.2, -0.15) is 0 Å². The van der Waals surface area contributed by atoms with Crippen LogP contribution in [0.1, 0.15) is 33.1 Å². The van der Waals surface area contributed by atoms with Crippen LogP contribution in [-0.2, 0) is 0 Å². The van der Waals surface area contributed by atoms with Gasteiger partial charge < -0.3 is 5.41 Å². The number of fused-ring (bicyclic) bond motifs is 1. The molecule has 0 spiro atoms. The standard InChI is InChI=1S/C10H16F2N2/c1-9(2)4-7(13)3-8-5-10(11,12)6-14(8)9/h8,13H,3-6H2,1-2H3/t8-/m1/s1. The fourth-order valence-electron chi connectivity index (χ4n) is 2.77. The lowest BCUT2D eigenvalue weighted by atomic mass is 9.86. The molecule has 0 aromatic carbocycles. The Kier molecular flexibility index (Phi) is 1.97. The molecule has 0 radical (unpaired) electrons. The van der Waals surface area contributed by atoms with Crippen molar-refractivity contribution in [3.8, 4) is 0 Å². The van der Waals surface area contributed by atoms with Crippen molar-refractivity contribution in [2.24, 2.45) is 0 Å². The van der Waals surface area contributed by atoms with Gasteiger partial charge in [0, 0.05) is 36.6 Å². The zero-order chi connectivity index (χ0) is 10.6. The summed E-state index contributed by atoms with van der Waals surface area (Å²) in [5, 5.41) is 7.65. The number of hydrogen-bond acceptors (Lipinski definition) is 2. The van der Waals surface area contributed by atoms with E-state index >= 15 is 0 Å². The van der Waals surface area contributed by atoms with Crippen molar-refractivity contribution < 1.29 is 8.78 Å². The first-order valence-electron chi connectivity index (χ1n) is 5.01. The Morgan fingerprint density at radius 1 is 1.43 bits per heavy atom. The topological polar surface area (TPSA) is 27.1 Å². The second-order valence-electron chi connectivity index (χ2n) is 5.14. The minimum atomic E-state index is -2.55. The van der Waals surface area contributed by atoms with Gasteiger partial charge in [-0.3, -0.25) is 4.90 Å². The highest BCUT2D eigenvalue weighted by Crippen LogP contribution is 2.42. The van der Waals surface area contributed by atoms with Crippen LogP contribution in [0.2, 0.25) is 0 Å². The number of piperidine rings is 1. The van der Waals surface area contributed by atoms with Gasteiger partial charge in [0.05, 0.1) is 6.54 Å². The molecular weight excluding hydrogens is 186 g/mol. The number of hydrogen-bond donors (Lipinski definition) is 1. The first-order chi connectivity index (χ1) is 6.30. The Balaban J connectivity index is 2.24. The summed E-state index contributed by atoms with van der Waals surface area (Å²) >= 11 is 0. The van der Waals surface area contributed by atoms with E-state index in [0.717, 1.165) is 0 Å². The molecule has 14 heavy (non-hydrogen) atoms. The number of nitrogens with one attached hydrogen (secondary N) is 1. The molecule has 0 bridgehead atoms. The summed E-state index contributed by atoms with van der Waals surface area (Å²) in [7, 11) is 0. The molecule has 0 aromatic heterocycles. The molecule has 1 atom stereocenters. The fraction of sp³-hybridized carbons (Fsp3) is 0.900. The van der Waals surface area contributed by atoms with Crippen LogP contribution in [0.15, 0.2) is 0 Å². The number of alkyl halides is 2. The van der Waals surface area contributed by atoms with Crippen LogP contribution in [0.25, 0.3) is 0 Å². The first-order valence-corrected chi connectivity index (χ1v) is 5.01. The maximum Gasteiger partial charge on any atom is 0.262 e. The minimum Gasteiger partial charge on any atom is -0.310 e. The van der Waals surface area contributed by atoms with Crippen molar-refractivity contribution in [2.75, 3.05) is 6.54 Å². The molecule has 2 aliphatic rings. The lowest BCUT2D eigenvalue weighted by Gasteiger charge is -2.43. The lowest BCUT2D eigenvalue weighted by molar-refractivity contribution is -0.000808. The van der Waals surface area contributed by atoms with Gasteiger partial charge in [0.2, 0.25) is 0 Å². The third kappa shape index (κ3) is 1.56. The molecule has 2 rings (SSSR count). The highest BCUT2D eigenvalue weighted by atomic mass is 19.3. The fourth-order valence-corrected chi connectivity index (χ4v) is 2.77.